The average molecular weight is 787 g/mol. The van der Waals surface area contributed by atoms with Crippen LogP contribution in [-0.2, 0) is 60.7 Å². The fraction of sp³-hybridized carbons (Fsp3) is 0.676. The van der Waals surface area contributed by atoms with Crippen LogP contribution in [0.25, 0.3) is 0 Å². The first-order valence-corrected chi connectivity index (χ1v) is 20.2. The second kappa shape index (κ2) is 23.4. The molecule has 0 aromatic heterocycles. The Balaban J connectivity index is 1.31. The van der Waals surface area contributed by atoms with Gasteiger partial charge >= 0.3 is 12.9 Å². The number of nitrogens with one attached hydrogen (secondary N) is 2. The summed E-state index contributed by atoms with van der Waals surface area (Å²) in [4.78, 5) is 46.4. The lowest BCUT2D eigenvalue weighted by Crippen LogP contribution is -2.64. The van der Waals surface area contributed by atoms with E-state index in [1.807, 2.05) is 42.5 Å². The van der Waals surface area contributed by atoms with Crippen LogP contribution in [0.3, 0.4) is 0 Å². The Bertz CT molecular complexity index is 1350. The zero-order valence-corrected chi connectivity index (χ0v) is 31.7. The number of ether oxygens (including phenoxy) is 5. The molecule has 2 aliphatic rings. The minimum Gasteiger partial charge on any atom is -0.431 e. The molecule has 0 bridgehead atoms. The summed E-state index contributed by atoms with van der Waals surface area (Å²) in [6.45, 7) is -2.39. The van der Waals surface area contributed by atoms with Crippen LogP contribution in [0, 0.1) is 5.92 Å². The molecule has 1 aromatic rings. The van der Waals surface area contributed by atoms with E-state index in [1.54, 1.807) is 0 Å². The van der Waals surface area contributed by atoms with Crippen molar-refractivity contribution in [1.29, 1.82) is 0 Å². The van der Waals surface area contributed by atoms with Gasteiger partial charge in [0.15, 0.2) is 6.29 Å². The summed E-state index contributed by atoms with van der Waals surface area (Å²) in [5, 5.41) is 35.2. The van der Waals surface area contributed by atoms with Gasteiger partial charge in [-0.25, -0.2) is 4.79 Å². The highest BCUT2D eigenvalue weighted by atomic mass is 32.5. The molecular formula is C34H52BN2O14PS. The number of aliphatic hydroxyl groups is 3. The number of carbonyl (C=O) groups excluding carboxylic acids is 3. The number of benzene rings is 1. The summed E-state index contributed by atoms with van der Waals surface area (Å²) in [7, 11) is 7.49. The number of aliphatic hydroxyl groups excluding tert-OH is 3. The maximum atomic E-state index is 12.3. The molecule has 0 saturated carbocycles. The van der Waals surface area contributed by atoms with Crippen molar-refractivity contribution in [3.8, 4) is 0 Å². The third-order valence-electron chi connectivity index (χ3n) is 8.62. The van der Waals surface area contributed by atoms with Crippen molar-refractivity contribution >= 4 is 44.3 Å². The van der Waals surface area contributed by atoms with Gasteiger partial charge < -0.3 is 63.6 Å². The van der Waals surface area contributed by atoms with Gasteiger partial charge in [0.2, 0.25) is 11.8 Å². The Morgan fingerprint density at radius 1 is 1.02 bits per heavy atom. The van der Waals surface area contributed by atoms with Crippen LogP contribution in [-0.4, -0.2) is 128 Å². The molecule has 2 radical (unpaired) electrons. The number of hydrogen-bond donors (Lipinski definition) is 6. The third-order valence-corrected chi connectivity index (χ3v) is 10.3. The Hall–Kier alpha value is -2.48. The summed E-state index contributed by atoms with van der Waals surface area (Å²) in [5.74, 6) is -0.958. The van der Waals surface area contributed by atoms with Gasteiger partial charge in [0.25, 0.3) is 0 Å². The molecular weight excluding hydrogens is 734 g/mol. The monoisotopic (exact) mass is 786 g/mol. The largest absolute Gasteiger partial charge is 0.508 e. The van der Waals surface area contributed by atoms with Gasteiger partial charge in [-0.2, -0.15) is 0 Å². The number of carbonyl (C=O) groups is 3. The molecule has 53 heavy (non-hydrogen) atoms. The standard InChI is InChI=1S/C34H52BN2O14PS/c1-22(39)37-28-30(42)29(41)25(19-38)50-33(28)46-18-12-10-16-27(40)36-17-11-5-3-4-9-15-24-31(51-52(44,53)45-2)26(49-32(24)35)21-48-34(43)47-20-23-13-7-6-8-14-23/h4,6-9,13-14,24-26,28-33,38,41-42H,3,5,10-12,15-21H2,1-2H3,(H,36,40)(H,37,39)(H,44,53)/b9-4+/t24?,25-,26-,28-,29+,30-,31-,32-,33-,52?/m1/s1. The lowest BCUT2D eigenvalue weighted by atomic mass is 9.82. The first kappa shape index (κ1) is 44.9. The third kappa shape index (κ3) is 15.7. The topological polar surface area (TPSA) is 221 Å². The van der Waals surface area contributed by atoms with Gasteiger partial charge in [-0.3, -0.25) is 9.59 Å². The molecule has 2 unspecified atom stereocenters. The number of amides is 2. The van der Waals surface area contributed by atoms with Crippen molar-refractivity contribution in [1.82, 2.24) is 10.6 Å². The van der Waals surface area contributed by atoms with Crippen molar-refractivity contribution in [2.24, 2.45) is 5.92 Å². The predicted molar refractivity (Wildman–Crippen MR) is 195 cm³/mol. The van der Waals surface area contributed by atoms with Crippen LogP contribution in [0.1, 0.15) is 57.4 Å². The van der Waals surface area contributed by atoms with E-state index in [4.69, 9.17) is 52.4 Å². The van der Waals surface area contributed by atoms with Crippen molar-refractivity contribution < 1.29 is 67.3 Å². The van der Waals surface area contributed by atoms with Crippen molar-refractivity contribution in [2.45, 2.75) is 107 Å². The van der Waals surface area contributed by atoms with Crippen molar-refractivity contribution in [3.63, 3.8) is 0 Å². The van der Waals surface area contributed by atoms with Gasteiger partial charge in [-0.05, 0) is 55.9 Å². The van der Waals surface area contributed by atoms with Gasteiger partial charge in [-0.15, -0.1) is 0 Å². The summed E-state index contributed by atoms with van der Waals surface area (Å²) in [6, 6.07) is 7.34. The molecule has 10 atom stereocenters. The first-order chi connectivity index (χ1) is 25.3. The van der Waals surface area contributed by atoms with Crippen LogP contribution in [0.15, 0.2) is 42.5 Å². The Morgan fingerprint density at radius 3 is 2.47 bits per heavy atom. The van der Waals surface area contributed by atoms with E-state index < -0.39 is 80.2 Å². The molecule has 296 valence electrons. The lowest BCUT2D eigenvalue weighted by Gasteiger charge is -2.42. The van der Waals surface area contributed by atoms with E-state index in [1.165, 1.54) is 14.0 Å². The summed E-state index contributed by atoms with van der Waals surface area (Å²) >= 11 is 5.06. The SMILES string of the molecule is [B][C@@H]1O[C@H](COC(=O)OCc2ccccc2)[C@H](OP(O)(=S)OC)C1C/C=C/CCCCNC(=O)CCCCO[C@@H]1O[C@H](CO)[C@H](O)[C@H](O)[C@H]1NC(C)=O. The number of unbranched alkanes of at least 4 members (excludes halogenated alkanes) is 3. The number of rotatable bonds is 22. The zero-order valence-electron chi connectivity index (χ0n) is 30.0. The molecule has 2 aliphatic heterocycles. The van der Waals surface area contributed by atoms with Crippen molar-refractivity contribution in [2.75, 3.05) is 33.5 Å². The highest BCUT2D eigenvalue weighted by molar-refractivity contribution is 8.07. The molecule has 1 aromatic carbocycles. The smallest absolute Gasteiger partial charge is 0.431 e. The predicted octanol–water partition coefficient (Wildman–Crippen LogP) is 1.46. The van der Waals surface area contributed by atoms with Crippen LogP contribution >= 0.6 is 6.72 Å². The van der Waals surface area contributed by atoms with Gasteiger partial charge in [0.05, 0.1) is 6.61 Å². The highest BCUT2D eigenvalue weighted by Crippen LogP contribution is 2.48. The molecule has 3 rings (SSSR count). The fourth-order valence-electron chi connectivity index (χ4n) is 5.77. The minimum atomic E-state index is -3.60. The normalized spacial score (nSPS) is 28.3. The molecule has 2 saturated heterocycles. The second-order valence-electron chi connectivity index (χ2n) is 12.7. The summed E-state index contributed by atoms with van der Waals surface area (Å²) < 4.78 is 38.1. The van der Waals surface area contributed by atoms with Gasteiger partial charge in [0.1, 0.15) is 57.6 Å². The maximum Gasteiger partial charge on any atom is 0.508 e. The Labute approximate surface area is 316 Å². The molecule has 6 N–H and O–H groups in total. The zero-order chi connectivity index (χ0) is 38.8. The van der Waals surface area contributed by atoms with E-state index in [-0.39, 0.29) is 32.1 Å². The highest BCUT2D eigenvalue weighted by Gasteiger charge is 2.46. The second-order valence-corrected chi connectivity index (χ2v) is 15.6. The quantitative estimate of drug-likeness (QED) is 0.0322. The van der Waals surface area contributed by atoms with Crippen LogP contribution < -0.4 is 10.6 Å². The van der Waals surface area contributed by atoms with E-state index >= 15 is 0 Å². The van der Waals surface area contributed by atoms with Gasteiger partial charge in [0, 0.05) is 45.5 Å². The fourth-order valence-corrected chi connectivity index (χ4v) is 6.75. The van der Waals surface area contributed by atoms with Crippen LogP contribution in [0.2, 0.25) is 0 Å². The van der Waals surface area contributed by atoms with Crippen LogP contribution in [0.5, 0.6) is 0 Å². The molecule has 2 heterocycles. The van der Waals surface area contributed by atoms with E-state index in [9.17, 15) is 34.6 Å². The number of hydrogen-bond acceptors (Lipinski definition) is 14. The summed E-state index contributed by atoms with van der Waals surface area (Å²) in [5.41, 5.74) is 0.800. The van der Waals surface area contributed by atoms with E-state index in [0.29, 0.717) is 25.8 Å². The molecule has 0 spiro atoms. The van der Waals surface area contributed by atoms with Crippen molar-refractivity contribution in [3.05, 3.63) is 48.0 Å². The Kier molecular flexibility index (Phi) is 19.9. The Morgan fingerprint density at radius 2 is 1.77 bits per heavy atom. The van der Waals surface area contributed by atoms with Gasteiger partial charge in [-0.1, -0.05) is 42.5 Å². The van der Waals surface area contributed by atoms with E-state index in [2.05, 4.69) is 10.6 Å². The lowest BCUT2D eigenvalue weighted by molar-refractivity contribution is -0.270. The average Bonchev–Trinajstić information content (AvgIpc) is 3.42. The molecule has 0 aliphatic carbocycles. The molecule has 2 amide bonds. The molecule has 19 heteroatoms. The van der Waals surface area contributed by atoms with Crippen LogP contribution in [0.4, 0.5) is 4.79 Å². The summed E-state index contributed by atoms with van der Waals surface area (Å²) in [6.07, 6.45) is 0.543. The molecule has 16 nitrogen and oxygen atoms in total. The molecule has 2 fully saturated rings. The first-order valence-electron chi connectivity index (χ1n) is 17.6. The number of allylic oxidation sites excluding steroid dienone is 2. The maximum absolute atomic E-state index is 12.3. The van der Waals surface area contributed by atoms with E-state index in [0.717, 1.165) is 24.8 Å². The minimum absolute atomic E-state index is 0.0396.